The quantitative estimate of drug-likeness (QED) is 0.547. The zero-order chi connectivity index (χ0) is 14.7. The molecule has 0 bridgehead atoms. The van der Waals surface area contributed by atoms with Crippen LogP contribution in [0.3, 0.4) is 0 Å². The molecular formula is C14H31N3O2. The van der Waals surface area contributed by atoms with E-state index in [1.165, 1.54) is 0 Å². The third kappa shape index (κ3) is 12.1. The van der Waals surface area contributed by atoms with E-state index in [1.54, 1.807) is 0 Å². The van der Waals surface area contributed by atoms with Crippen LogP contribution >= 0.6 is 0 Å². The number of carbonyl (C=O) groups excluding carboxylic acids is 1. The van der Waals surface area contributed by atoms with Gasteiger partial charge in [0.1, 0.15) is 0 Å². The monoisotopic (exact) mass is 273 g/mol. The largest absolute Gasteiger partial charge is 0.378 e. The van der Waals surface area contributed by atoms with Gasteiger partial charge in [0.2, 0.25) is 5.91 Å². The van der Waals surface area contributed by atoms with Crippen molar-refractivity contribution in [1.29, 1.82) is 0 Å². The molecule has 5 heteroatoms. The Morgan fingerprint density at radius 2 is 1.95 bits per heavy atom. The highest BCUT2D eigenvalue weighted by Crippen LogP contribution is 2.25. The lowest BCUT2D eigenvalue weighted by atomic mass is 9.84. The number of amides is 1. The summed E-state index contributed by atoms with van der Waals surface area (Å²) in [7, 11) is 4.02. The zero-order valence-corrected chi connectivity index (χ0v) is 13.0. The number of nitrogens with two attached hydrogens (primary N) is 1. The molecule has 0 aliphatic rings. The summed E-state index contributed by atoms with van der Waals surface area (Å²) in [6.07, 6.45) is 2.39. The van der Waals surface area contributed by atoms with E-state index in [4.69, 9.17) is 10.5 Å². The maximum absolute atomic E-state index is 11.6. The Balaban J connectivity index is 3.49. The van der Waals surface area contributed by atoms with Crippen molar-refractivity contribution in [2.24, 2.45) is 11.1 Å². The van der Waals surface area contributed by atoms with Crippen LogP contribution in [0.4, 0.5) is 0 Å². The molecule has 114 valence electrons. The van der Waals surface area contributed by atoms with E-state index in [-0.39, 0.29) is 11.3 Å². The molecule has 0 saturated carbocycles. The summed E-state index contributed by atoms with van der Waals surface area (Å²) >= 11 is 0. The second-order valence-corrected chi connectivity index (χ2v) is 5.97. The van der Waals surface area contributed by atoms with Crippen molar-refractivity contribution < 1.29 is 9.53 Å². The molecule has 0 spiro atoms. The van der Waals surface area contributed by atoms with Crippen LogP contribution in [0, 0.1) is 5.41 Å². The van der Waals surface area contributed by atoms with Gasteiger partial charge < -0.3 is 20.7 Å². The van der Waals surface area contributed by atoms with Gasteiger partial charge in [-0.15, -0.1) is 0 Å². The minimum absolute atomic E-state index is 0.0984. The first-order valence-corrected chi connectivity index (χ1v) is 7.06. The molecule has 0 aliphatic heterocycles. The first-order chi connectivity index (χ1) is 8.87. The Kier molecular flexibility index (Phi) is 9.83. The van der Waals surface area contributed by atoms with Gasteiger partial charge in [0.25, 0.3) is 0 Å². The lowest BCUT2D eigenvalue weighted by Crippen LogP contribution is -2.29. The molecule has 5 nitrogen and oxygen atoms in total. The molecule has 1 amide bonds. The Labute approximate surface area is 117 Å². The molecule has 0 aromatic carbocycles. The van der Waals surface area contributed by atoms with E-state index in [0.717, 1.165) is 19.4 Å². The van der Waals surface area contributed by atoms with E-state index < -0.39 is 0 Å². The van der Waals surface area contributed by atoms with Gasteiger partial charge in [0.05, 0.1) is 13.2 Å². The summed E-state index contributed by atoms with van der Waals surface area (Å²) in [6, 6.07) is 0. The van der Waals surface area contributed by atoms with Crippen LogP contribution in [0.25, 0.3) is 0 Å². The van der Waals surface area contributed by atoms with Crippen molar-refractivity contribution in [1.82, 2.24) is 10.2 Å². The Morgan fingerprint density at radius 3 is 2.53 bits per heavy atom. The van der Waals surface area contributed by atoms with Gasteiger partial charge in [-0.2, -0.15) is 0 Å². The topological polar surface area (TPSA) is 67.6 Å². The fraction of sp³-hybridized carbons (Fsp3) is 0.929. The van der Waals surface area contributed by atoms with Crippen LogP contribution < -0.4 is 11.1 Å². The summed E-state index contributed by atoms with van der Waals surface area (Å²) in [5.74, 6) is 0.0984. The fourth-order valence-electron chi connectivity index (χ4n) is 1.67. The molecular weight excluding hydrogens is 242 g/mol. The summed E-state index contributed by atoms with van der Waals surface area (Å²) in [4.78, 5) is 13.7. The summed E-state index contributed by atoms with van der Waals surface area (Å²) in [6.45, 7) is 7.74. The van der Waals surface area contributed by atoms with E-state index >= 15 is 0 Å². The van der Waals surface area contributed by atoms with Gasteiger partial charge in [-0.05, 0) is 38.9 Å². The van der Waals surface area contributed by atoms with Crippen molar-refractivity contribution in [3.05, 3.63) is 0 Å². The highest BCUT2D eigenvalue weighted by molar-refractivity contribution is 5.75. The normalized spacial score (nSPS) is 11.9. The number of carbonyl (C=O) groups is 1. The van der Waals surface area contributed by atoms with E-state index in [2.05, 4.69) is 24.1 Å². The summed E-state index contributed by atoms with van der Waals surface area (Å²) in [5, 5.41) is 2.88. The Hall–Kier alpha value is -0.650. The number of nitrogens with zero attached hydrogens (tertiary/aromatic N) is 1. The van der Waals surface area contributed by atoms with Crippen LogP contribution in [0.15, 0.2) is 0 Å². The minimum atomic E-state index is 0.0984. The molecule has 19 heavy (non-hydrogen) atoms. The van der Waals surface area contributed by atoms with Gasteiger partial charge in [-0.25, -0.2) is 0 Å². The molecule has 0 aliphatic carbocycles. The lowest BCUT2D eigenvalue weighted by molar-refractivity contribution is -0.121. The molecule has 0 unspecified atom stereocenters. The maximum atomic E-state index is 11.6. The Bertz CT molecular complexity index is 243. The lowest BCUT2D eigenvalue weighted by Gasteiger charge is -2.23. The first kappa shape index (κ1) is 18.4. The predicted molar refractivity (Wildman–Crippen MR) is 79.1 cm³/mol. The highest BCUT2D eigenvalue weighted by Gasteiger charge is 2.17. The highest BCUT2D eigenvalue weighted by atomic mass is 16.5. The molecule has 0 heterocycles. The number of ether oxygens (including phenoxy) is 1. The van der Waals surface area contributed by atoms with Gasteiger partial charge >= 0.3 is 0 Å². The van der Waals surface area contributed by atoms with Crippen LogP contribution in [0.1, 0.15) is 33.1 Å². The maximum Gasteiger partial charge on any atom is 0.220 e. The Morgan fingerprint density at radius 1 is 1.26 bits per heavy atom. The second kappa shape index (κ2) is 10.2. The fourth-order valence-corrected chi connectivity index (χ4v) is 1.67. The molecule has 0 fully saturated rings. The van der Waals surface area contributed by atoms with Crippen molar-refractivity contribution in [3.63, 3.8) is 0 Å². The van der Waals surface area contributed by atoms with Gasteiger partial charge in [0.15, 0.2) is 0 Å². The predicted octanol–water partition coefficient (Wildman–Crippen LogP) is 0.836. The van der Waals surface area contributed by atoms with Gasteiger partial charge in [-0.3, -0.25) is 4.79 Å². The van der Waals surface area contributed by atoms with Gasteiger partial charge in [-0.1, -0.05) is 13.8 Å². The van der Waals surface area contributed by atoms with Crippen molar-refractivity contribution in [2.75, 3.05) is 46.9 Å². The molecule has 0 aromatic rings. The third-order valence-corrected chi connectivity index (χ3v) is 3.10. The van der Waals surface area contributed by atoms with E-state index in [0.29, 0.717) is 32.7 Å². The van der Waals surface area contributed by atoms with Gasteiger partial charge in [0, 0.05) is 19.5 Å². The van der Waals surface area contributed by atoms with Crippen molar-refractivity contribution >= 4 is 5.91 Å². The zero-order valence-electron chi connectivity index (χ0n) is 13.0. The summed E-state index contributed by atoms with van der Waals surface area (Å²) in [5.41, 5.74) is 5.70. The standard InChI is InChI=1S/C14H31N3O2/c1-14(2,7-8-15)6-5-13(18)16-9-11-19-12-10-17(3)4/h5-12,15H2,1-4H3,(H,16,18). The second-order valence-electron chi connectivity index (χ2n) is 5.97. The molecule has 0 radical (unpaired) electrons. The minimum Gasteiger partial charge on any atom is -0.378 e. The van der Waals surface area contributed by atoms with Crippen molar-refractivity contribution in [2.45, 2.75) is 33.1 Å². The molecule has 0 saturated heterocycles. The summed E-state index contributed by atoms with van der Waals surface area (Å²) < 4.78 is 5.41. The smallest absolute Gasteiger partial charge is 0.220 e. The number of likely N-dealkylation sites (N-methyl/N-ethyl adjacent to an activating group) is 1. The molecule has 0 aromatic heterocycles. The molecule has 0 atom stereocenters. The number of hydrogen-bond donors (Lipinski definition) is 2. The third-order valence-electron chi connectivity index (χ3n) is 3.10. The number of nitrogens with one attached hydrogen (secondary N) is 1. The SMILES string of the molecule is CN(C)CCOCCNC(=O)CCC(C)(C)CCN. The molecule has 3 N–H and O–H groups in total. The van der Waals surface area contributed by atoms with E-state index in [9.17, 15) is 4.79 Å². The number of rotatable bonds is 11. The van der Waals surface area contributed by atoms with Crippen LogP contribution in [0.5, 0.6) is 0 Å². The average molecular weight is 273 g/mol. The van der Waals surface area contributed by atoms with Crippen LogP contribution in [-0.2, 0) is 9.53 Å². The van der Waals surface area contributed by atoms with Crippen molar-refractivity contribution in [3.8, 4) is 0 Å². The van der Waals surface area contributed by atoms with Crippen LogP contribution in [-0.4, -0.2) is 57.8 Å². The van der Waals surface area contributed by atoms with E-state index in [1.807, 2.05) is 14.1 Å². The first-order valence-electron chi connectivity index (χ1n) is 7.06. The van der Waals surface area contributed by atoms with Crippen LogP contribution in [0.2, 0.25) is 0 Å². The number of hydrogen-bond acceptors (Lipinski definition) is 4. The average Bonchev–Trinajstić information content (AvgIpc) is 2.31. The molecule has 0 rings (SSSR count).